The molecule has 112 valence electrons. The van der Waals surface area contributed by atoms with Crippen molar-refractivity contribution < 1.29 is 13.2 Å². The zero-order valence-electron chi connectivity index (χ0n) is 11.5. The van der Waals surface area contributed by atoms with Gasteiger partial charge in [-0.15, -0.1) is 0 Å². The van der Waals surface area contributed by atoms with Gasteiger partial charge in [0, 0.05) is 11.0 Å². The first kappa shape index (κ1) is 16.0. The second-order valence-corrected chi connectivity index (χ2v) is 7.04. The smallest absolute Gasteiger partial charge is 0.240 e. The summed E-state index contributed by atoms with van der Waals surface area (Å²) in [6, 6.07) is 13.9. The van der Waals surface area contributed by atoms with Crippen LogP contribution in [0.5, 0.6) is 5.75 Å². The van der Waals surface area contributed by atoms with Crippen LogP contribution in [0, 0.1) is 0 Å². The van der Waals surface area contributed by atoms with Crippen molar-refractivity contribution in [1.82, 2.24) is 4.72 Å². The van der Waals surface area contributed by atoms with Crippen LogP contribution in [-0.4, -0.2) is 15.0 Å². The molecule has 2 rings (SSSR count). The summed E-state index contributed by atoms with van der Waals surface area (Å²) < 4.78 is 33.0. The first-order chi connectivity index (χ1) is 10.0. The standard InChI is InChI=1S/C15H16BrNO3S/c1-2-20-14-7-3-12(4-8-14)11-17-21(18,19)15-9-5-13(16)6-10-15/h3-10,17H,2,11H2,1H3. The van der Waals surface area contributed by atoms with Crippen molar-refractivity contribution in [3.8, 4) is 5.75 Å². The lowest BCUT2D eigenvalue weighted by atomic mass is 10.2. The summed E-state index contributed by atoms with van der Waals surface area (Å²) >= 11 is 3.28. The maximum atomic E-state index is 12.1. The lowest BCUT2D eigenvalue weighted by molar-refractivity contribution is 0.340. The van der Waals surface area contributed by atoms with Crippen molar-refractivity contribution in [3.63, 3.8) is 0 Å². The number of ether oxygens (including phenoxy) is 1. The van der Waals surface area contributed by atoms with Crippen LogP contribution in [0.3, 0.4) is 0 Å². The molecular weight excluding hydrogens is 354 g/mol. The van der Waals surface area contributed by atoms with Crippen LogP contribution >= 0.6 is 15.9 Å². The third-order valence-corrected chi connectivity index (χ3v) is 4.77. The van der Waals surface area contributed by atoms with Crippen LogP contribution in [0.1, 0.15) is 12.5 Å². The molecule has 0 unspecified atom stereocenters. The van der Waals surface area contributed by atoms with Gasteiger partial charge in [-0.05, 0) is 48.9 Å². The molecule has 0 saturated carbocycles. The van der Waals surface area contributed by atoms with E-state index in [1.807, 2.05) is 31.2 Å². The Morgan fingerprint density at radius 3 is 2.24 bits per heavy atom. The van der Waals surface area contributed by atoms with E-state index in [1.54, 1.807) is 24.3 Å². The van der Waals surface area contributed by atoms with Crippen LogP contribution in [0.2, 0.25) is 0 Å². The van der Waals surface area contributed by atoms with E-state index in [0.29, 0.717) is 6.61 Å². The summed E-state index contributed by atoms with van der Waals surface area (Å²) in [4.78, 5) is 0.247. The van der Waals surface area contributed by atoms with Crippen LogP contribution in [-0.2, 0) is 16.6 Å². The normalized spacial score (nSPS) is 11.3. The Bertz CT molecular complexity index is 682. The Hall–Kier alpha value is -1.37. The van der Waals surface area contributed by atoms with Gasteiger partial charge in [-0.1, -0.05) is 28.1 Å². The fourth-order valence-electron chi connectivity index (χ4n) is 1.75. The first-order valence-electron chi connectivity index (χ1n) is 6.48. The molecule has 4 nitrogen and oxygen atoms in total. The summed E-state index contributed by atoms with van der Waals surface area (Å²) in [5.41, 5.74) is 0.874. The molecule has 0 saturated heterocycles. The van der Waals surface area contributed by atoms with E-state index in [0.717, 1.165) is 15.8 Å². The SMILES string of the molecule is CCOc1ccc(CNS(=O)(=O)c2ccc(Br)cc2)cc1. The topological polar surface area (TPSA) is 55.4 Å². The van der Waals surface area contributed by atoms with Gasteiger partial charge in [0.05, 0.1) is 11.5 Å². The highest BCUT2D eigenvalue weighted by Gasteiger charge is 2.13. The molecule has 6 heteroatoms. The van der Waals surface area contributed by atoms with E-state index in [-0.39, 0.29) is 11.4 Å². The summed E-state index contributed by atoms with van der Waals surface area (Å²) in [5, 5.41) is 0. The van der Waals surface area contributed by atoms with Crippen molar-refractivity contribution in [2.45, 2.75) is 18.4 Å². The molecule has 0 bridgehead atoms. The minimum absolute atomic E-state index is 0.241. The summed E-state index contributed by atoms with van der Waals surface area (Å²) in [7, 11) is -3.50. The first-order valence-corrected chi connectivity index (χ1v) is 8.76. The van der Waals surface area contributed by atoms with Crippen LogP contribution in [0.4, 0.5) is 0 Å². The van der Waals surface area contributed by atoms with Crippen molar-refractivity contribution in [2.75, 3.05) is 6.61 Å². The summed E-state index contributed by atoms with van der Waals surface area (Å²) in [5.74, 6) is 0.775. The highest BCUT2D eigenvalue weighted by Crippen LogP contribution is 2.16. The maximum Gasteiger partial charge on any atom is 0.240 e. The van der Waals surface area contributed by atoms with Crippen molar-refractivity contribution in [3.05, 3.63) is 58.6 Å². The van der Waals surface area contributed by atoms with E-state index in [2.05, 4.69) is 20.7 Å². The fourth-order valence-corrected chi connectivity index (χ4v) is 3.03. The zero-order valence-corrected chi connectivity index (χ0v) is 13.9. The van der Waals surface area contributed by atoms with Crippen molar-refractivity contribution in [1.29, 1.82) is 0 Å². The Labute approximate surface area is 133 Å². The zero-order chi connectivity index (χ0) is 15.3. The van der Waals surface area contributed by atoms with E-state index in [9.17, 15) is 8.42 Å². The van der Waals surface area contributed by atoms with Gasteiger partial charge >= 0.3 is 0 Å². The molecule has 0 heterocycles. The highest BCUT2D eigenvalue weighted by molar-refractivity contribution is 9.10. The molecule has 0 spiro atoms. The van der Waals surface area contributed by atoms with E-state index < -0.39 is 10.0 Å². The molecule has 0 aliphatic rings. The van der Waals surface area contributed by atoms with Gasteiger partial charge in [-0.3, -0.25) is 0 Å². The number of rotatable bonds is 6. The average Bonchev–Trinajstić information content (AvgIpc) is 2.47. The van der Waals surface area contributed by atoms with Gasteiger partial charge in [0.15, 0.2) is 0 Å². The molecule has 0 radical (unpaired) electrons. The van der Waals surface area contributed by atoms with Gasteiger partial charge in [0.2, 0.25) is 10.0 Å². The summed E-state index contributed by atoms with van der Waals surface area (Å²) in [6.07, 6.45) is 0. The number of hydrogen-bond donors (Lipinski definition) is 1. The lowest BCUT2D eigenvalue weighted by Crippen LogP contribution is -2.23. The second kappa shape index (κ2) is 7.06. The van der Waals surface area contributed by atoms with Crippen LogP contribution in [0.15, 0.2) is 57.9 Å². The third kappa shape index (κ3) is 4.56. The van der Waals surface area contributed by atoms with E-state index >= 15 is 0 Å². The maximum absolute atomic E-state index is 12.1. The molecule has 2 aromatic carbocycles. The average molecular weight is 370 g/mol. The number of benzene rings is 2. The van der Waals surface area contributed by atoms with Gasteiger partial charge in [-0.25, -0.2) is 13.1 Å². The fraction of sp³-hybridized carbons (Fsp3) is 0.200. The molecule has 0 atom stereocenters. The van der Waals surface area contributed by atoms with Gasteiger partial charge in [-0.2, -0.15) is 0 Å². The number of halogens is 1. The highest BCUT2D eigenvalue weighted by atomic mass is 79.9. The molecule has 2 aromatic rings. The minimum Gasteiger partial charge on any atom is -0.494 e. The van der Waals surface area contributed by atoms with Crippen molar-refractivity contribution in [2.24, 2.45) is 0 Å². The largest absolute Gasteiger partial charge is 0.494 e. The Balaban J connectivity index is 2.02. The second-order valence-electron chi connectivity index (χ2n) is 4.36. The number of hydrogen-bond acceptors (Lipinski definition) is 3. The van der Waals surface area contributed by atoms with Crippen molar-refractivity contribution >= 4 is 26.0 Å². The van der Waals surface area contributed by atoms with E-state index in [4.69, 9.17) is 4.74 Å². The molecular formula is C15H16BrNO3S. The molecule has 0 aromatic heterocycles. The third-order valence-electron chi connectivity index (χ3n) is 2.82. The van der Waals surface area contributed by atoms with Crippen LogP contribution in [0.25, 0.3) is 0 Å². The van der Waals surface area contributed by atoms with Gasteiger partial charge < -0.3 is 4.74 Å². The summed E-state index contributed by atoms with van der Waals surface area (Å²) in [6.45, 7) is 2.76. The predicted octanol–water partition coefficient (Wildman–Crippen LogP) is 3.33. The number of nitrogens with one attached hydrogen (secondary N) is 1. The molecule has 0 aliphatic carbocycles. The number of sulfonamides is 1. The van der Waals surface area contributed by atoms with Crippen LogP contribution < -0.4 is 9.46 Å². The van der Waals surface area contributed by atoms with E-state index in [1.165, 1.54) is 0 Å². The molecule has 1 N–H and O–H groups in total. The Kier molecular flexibility index (Phi) is 5.39. The van der Waals surface area contributed by atoms with Gasteiger partial charge in [0.25, 0.3) is 0 Å². The molecule has 21 heavy (non-hydrogen) atoms. The minimum atomic E-state index is -3.50. The Morgan fingerprint density at radius 2 is 1.67 bits per heavy atom. The van der Waals surface area contributed by atoms with Gasteiger partial charge in [0.1, 0.15) is 5.75 Å². The monoisotopic (exact) mass is 369 g/mol. The predicted molar refractivity (Wildman–Crippen MR) is 85.8 cm³/mol. The lowest BCUT2D eigenvalue weighted by Gasteiger charge is -2.08. The Morgan fingerprint density at radius 1 is 1.05 bits per heavy atom. The quantitative estimate of drug-likeness (QED) is 0.849. The molecule has 0 fully saturated rings. The molecule has 0 aliphatic heterocycles. The molecule has 0 amide bonds.